The largest absolute Gasteiger partial charge is 0.507 e. The summed E-state index contributed by atoms with van der Waals surface area (Å²) in [4.78, 5) is 43.9. The second-order valence-electron chi connectivity index (χ2n) is 7.32. The predicted octanol–water partition coefficient (Wildman–Crippen LogP) is 1.98. The SMILES string of the molecule is COc1ccc(CCn2c(=O)[nH]c(=O)c3ccc(-c4c(O)cc(C)oc4=O)nc32)cc1OC. The monoisotopic (exact) mass is 451 g/mol. The van der Waals surface area contributed by atoms with Crippen molar-refractivity contribution in [3.8, 4) is 28.5 Å². The zero-order valence-electron chi connectivity index (χ0n) is 18.2. The minimum absolute atomic E-state index is 0.0821. The lowest BCUT2D eigenvalue weighted by atomic mass is 10.1. The molecule has 10 heteroatoms. The van der Waals surface area contributed by atoms with Crippen LogP contribution in [0.1, 0.15) is 11.3 Å². The summed E-state index contributed by atoms with van der Waals surface area (Å²) in [7, 11) is 3.07. The van der Waals surface area contributed by atoms with E-state index in [1.54, 1.807) is 19.2 Å². The number of benzene rings is 1. The number of methoxy groups -OCH3 is 2. The fourth-order valence-electron chi connectivity index (χ4n) is 3.61. The lowest BCUT2D eigenvalue weighted by molar-refractivity contribution is 0.354. The number of aryl methyl sites for hydroxylation is 3. The van der Waals surface area contributed by atoms with Gasteiger partial charge in [0, 0.05) is 12.6 Å². The molecule has 3 heterocycles. The van der Waals surface area contributed by atoms with Gasteiger partial charge in [-0.05, 0) is 43.2 Å². The molecule has 0 spiro atoms. The van der Waals surface area contributed by atoms with Crippen LogP contribution in [0.2, 0.25) is 0 Å². The highest BCUT2D eigenvalue weighted by atomic mass is 16.5. The van der Waals surface area contributed by atoms with Crippen molar-refractivity contribution in [1.82, 2.24) is 14.5 Å². The molecule has 1 aromatic carbocycles. The first-order valence-electron chi connectivity index (χ1n) is 10.0. The van der Waals surface area contributed by atoms with Crippen molar-refractivity contribution in [2.24, 2.45) is 0 Å². The molecular formula is C23H21N3O7. The fraction of sp³-hybridized carbons (Fsp3) is 0.217. The number of hydrogen-bond acceptors (Lipinski definition) is 8. The molecule has 0 radical (unpaired) electrons. The van der Waals surface area contributed by atoms with E-state index < -0.39 is 16.9 Å². The number of aromatic nitrogens is 3. The number of aromatic hydroxyl groups is 1. The summed E-state index contributed by atoms with van der Waals surface area (Å²) < 4.78 is 16.9. The van der Waals surface area contributed by atoms with E-state index in [1.807, 2.05) is 6.07 Å². The van der Waals surface area contributed by atoms with Crippen molar-refractivity contribution in [3.05, 3.63) is 79.0 Å². The van der Waals surface area contributed by atoms with Crippen molar-refractivity contribution in [1.29, 1.82) is 0 Å². The summed E-state index contributed by atoms with van der Waals surface area (Å²) in [6.45, 7) is 1.72. The minimum atomic E-state index is -0.775. The number of H-pyrrole nitrogens is 1. The van der Waals surface area contributed by atoms with Gasteiger partial charge in [0.25, 0.3) is 5.56 Å². The van der Waals surface area contributed by atoms with Gasteiger partial charge >= 0.3 is 11.3 Å². The Morgan fingerprint density at radius 1 is 1.06 bits per heavy atom. The first kappa shape index (κ1) is 21.9. The number of nitrogens with zero attached hydrogens (tertiary/aromatic N) is 2. The van der Waals surface area contributed by atoms with E-state index in [1.165, 1.54) is 36.8 Å². The Kier molecular flexibility index (Phi) is 5.74. The zero-order valence-corrected chi connectivity index (χ0v) is 18.2. The van der Waals surface area contributed by atoms with Crippen LogP contribution in [-0.4, -0.2) is 33.9 Å². The summed E-state index contributed by atoms with van der Waals surface area (Å²) in [5.41, 5.74) is -1.13. The maximum Gasteiger partial charge on any atom is 0.349 e. The van der Waals surface area contributed by atoms with Gasteiger partial charge in [-0.25, -0.2) is 14.6 Å². The second-order valence-corrected chi connectivity index (χ2v) is 7.32. The van der Waals surface area contributed by atoms with Gasteiger partial charge < -0.3 is 19.0 Å². The Morgan fingerprint density at radius 2 is 1.82 bits per heavy atom. The molecular weight excluding hydrogens is 430 g/mol. The summed E-state index contributed by atoms with van der Waals surface area (Å²) in [6.07, 6.45) is 0.422. The molecule has 10 nitrogen and oxygen atoms in total. The predicted molar refractivity (Wildman–Crippen MR) is 120 cm³/mol. The molecule has 0 atom stereocenters. The number of nitrogens with one attached hydrogen (secondary N) is 1. The highest BCUT2D eigenvalue weighted by molar-refractivity contribution is 5.78. The second kappa shape index (κ2) is 8.65. The lowest BCUT2D eigenvalue weighted by Gasteiger charge is -2.12. The Bertz CT molecular complexity index is 1530. The van der Waals surface area contributed by atoms with Crippen LogP contribution in [0.3, 0.4) is 0 Å². The number of fused-ring (bicyclic) bond motifs is 1. The van der Waals surface area contributed by atoms with Crippen molar-refractivity contribution >= 4 is 11.0 Å². The van der Waals surface area contributed by atoms with Crippen molar-refractivity contribution in [2.45, 2.75) is 19.9 Å². The molecule has 33 heavy (non-hydrogen) atoms. The standard InChI is InChI=1S/C23H21N3O7/c1-12-10-16(27)19(22(29)33-12)15-6-5-14-20(24-15)26(23(30)25-21(14)28)9-8-13-4-7-17(31-2)18(11-13)32-3/h4-7,10-11,27H,8-9H2,1-3H3,(H,25,28,30). The Labute approximate surface area is 186 Å². The average molecular weight is 451 g/mol. The maximum absolute atomic E-state index is 12.6. The van der Waals surface area contributed by atoms with Gasteiger partial charge in [-0.15, -0.1) is 0 Å². The molecule has 0 aliphatic carbocycles. The highest BCUT2D eigenvalue weighted by Crippen LogP contribution is 2.28. The molecule has 0 aliphatic rings. The molecule has 4 aromatic rings. The Balaban J connectivity index is 1.80. The van der Waals surface area contributed by atoms with E-state index in [0.29, 0.717) is 17.9 Å². The number of aromatic amines is 1. The minimum Gasteiger partial charge on any atom is -0.507 e. The molecule has 0 saturated heterocycles. The lowest BCUT2D eigenvalue weighted by Crippen LogP contribution is -2.31. The van der Waals surface area contributed by atoms with E-state index in [9.17, 15) is 19.5 Å². The van der Waals surface area contributed by atoms with Gasteiger partial charge in [-0.1, -0.05) is 6.07 Å². The van der Waals surface area contributed by atoms with Crippen LogP contribution in [-0.2, 0) is 13.0 Å². The molecule has 0 bridgehead atoms. The van der Waals surface area contributed by atoms with E-state index in [2.05, 4.69) is 9.97 Å². The summed E-state index contributed by atoms with van der Waals surface area (Å²) in [6, 6.07) is 9.56. The van der Waals surface area contributed by atoms with Crippen LogP contribution in [0.4, 0.5) is 0 Å². The molecule has 0 unspecified atom stereocenters. The van der Waals surface area contributed by atoms with Crippen molar-refractivity contribution < 1.29 is 19.0 Å². The van der Waals surface area contributed by atoms with Crippen LogP contribution in [0, 0.1) is 6.92 Å². The number of rotatable bonds is 6. The summed E-state index contributed by atoms with van der Waals surface area (Å²) in [5.74, 6) is 1.07. The number of hydrogen-bond donors (Lipinski definition) is 2. The normalized spacial score (nSPS) is 11.0. The average Bonchev–Trinajstić information content (AvgIpc) is 2.78. The van der Waals surface area contributed by atoms with E-state index in [-0.39, 0.29) is 40.3 Å². The van der Waals surface area contributed by atoms with Crippen LogP contribution in [0.25, 0.3) is 22.3 Å². The molecule has 0 amide bonds. The van der Waals surface area contributed by atoms with E-state index >= 15 is 0 Å². The van der Waals surface area contributed by atoms with Crippen LogP contribution < -0.4 is 26.3 Å². The molecule has 0 aliphatic heterocycles. The third-order valence-electron chi connectivity index (χ3n) is 5.22. The first-order chi connectivity index (χ1) is 15.8. The molecule has 0 fully saturated rings. The third kappa shape index (κ3) is 4.10. The Morgan fingerprint density at radius 3 is 2.52 bits per heavy atom. The molecule has 3 aromatic heterocycles. The number of ether oxygens (including phenoxy) is 2. The number of pyridine rings is 1. The Hall–Kier alpha value is -4.34. The highest BCUT2D eigenvalue weighted by Gasteiger charge is 2.17. The fourth-order valence-corrected chi connectivity index (χ4v) is 3.61. The van der Waals surface area contributed by atoms with Gasteiger partial charge in [0.05, 0.1) is 25.3 Å². The van der Waals surface area contributed by atoms with Crippen LogP contribution in [0.15, 0.2) is 55.2 Å². The molecule has 4 rings (SSSR count). The van der Waals surface area contributed by atoms with Gasteiger partial charge in [0.2, 0.25) is 0 Å². The van der Waals surface area contributed by atoms with E-state index in [4.69, 9.17) is 13.9 Å². The van der Waals surface area contributed by atoms with Crippen molar-refractivity contribution in [2.75, 3.05) is 14.2 Å². The van der Waals surface area contributed by atoms with Gasteiger partial charge in [0.1, 0.15) is 22.7 Å². The van der Waals surface area contributed by atoms with Gasteiger partial charge in [0.15, 0.2) is 11.5 Å². The van der Waals surface area contributed by atoms with Gasteiger partial charge in [-0.2, -0.15) is 0 Å². The van der Waals surface area contributed by atoms with Gasteiger partial charge in [-0.3, -0.25) is 14.3 Å². The van der Waals surface area contributed by atoms with Crippen molar-refractivity contribution in [3.63, 3.8) is 0 Å². The third-order valence-corrected chi connectivity index (χ3v) is 5.22. The van der Waals surface area contributed by atoms with E-state index in [0.717, 1.165) is 5.56 Å². The zero-order chi connectivity index (χ0) is 23.7. The quantitative estimate of drug-likeness (QED) is 0.454. The first-order valence-corrected chi connectivity index (χ1v) is 10.0. The van der Waals surface area contributed by atoms with Crippen LogP contribution in [0.5, 0.6) is 17.2 Å². The molecule has 0 saturated carbocycles. The molecule has 2 N–H and O–H groups in total. The topological polar surface area (TPSA) is 137 Å². The maximum atomic E-state index is 12.6. The smallest absolute Gasteiger partial charge is 0.349 e. The summed E-state index contributed by atoms with van der Waals surface area (Å²) in [5, 5.41) is 10.4. The summed E-state index contributed by atoms with van der Waals surface area (Å²) >= 11 is 0. The van der Waals surface area contributed by atoms with Crippen LogP contribution >= 0.6 is 0 Å². The molecule has 170 valence electrons.